The first-order valence-electron chi connectivity index (χ1n) is 7.71. The van der Waals surface area contributed by atoms with Crippen LogP contribution < -0.4 is 10.1 Å². The molecule has 3 aromatic rings. The van der Waals surface area contributed by atoms with Gasteiger partial charge in [-0.3, -0.25) is 4.99 Å². The zero-order chi connectivity index (χ0) is 16.4. The van der Waals surface area contributed by atoms with Crippen LogP contribution in [0.2, 0.25) is 0 Å². The third-order valence-electron chi connectivity index (χ3n) is 3.83. The van der Waals surface area contributed by atoms with Crippen LogP contribution >= 0.6 is 0 Å². The van der Waals surface area contributed by atoms with Gasteiger partial charge in [0.15, 0.2) is 0 Å². The molecule has 1 aromatic heterocycles. The molecule has 0 fully saturated rings. The Kier molecular flexibility index (Phi) is 3.70. The second-order valence-corrected chi connectivity index (χ2v) is 5.39. The zero-order valence-electron chi connectivity index (χ0n) is 13.2. The average molecular weight is 320 g/mol. The van der Waals surface area contributed by atoms with E-state index in [9.17, 15) is 0 Å². The van der Waals surface area contributed by atoms with E-state index in [0.717, 1.165) is 41.4 Å². The number of methoxy groups -OCH3 is 1. The molecule has 0 spiro atoms. The molecule has 0 bridgehead atoms. The van der Waals surface area contributed by atoms with Gasteiger partial charge in [0.05, 0.1) is 13.7 Å². The van der Waals surface area contributed by atoms with Crippen LogP contribution in [0.1, 0.15) is 5.56 Å². The summed E-state index contributed by atoms with van der Waals surface area (Å²) in [6, 6.07) is 15.5. The maximum Gasteiger partial charge on any atom is 0.258 e. The van der Waals surface area contributed by atoms with E-state index in [-0.39, 0.29) is 0 Å². The number of benzene rings is 2. The number of hydrogen-bond donors (Lipinski definition) is 1. The quantitative estimate of drug-likeness (QED) is 0.800. The SMILES string of the molecule is COc1cccc(-c2nc(-c3ccc(C4=NCCN4)cc3)no2)c1. The van der Waals surface area contributed by atoms with Crippen molar-refractivity contribution < 1.29 is 9.26 Å². The van der Waals surface area contributed by atoms with Crippen molar-refractivity contribution in [2.24, 2.45) is 4.99 Å². The van der Waals surface area contributed by atoms with Crippen LogP contribution in [0.5, 0.6) is 5.75 Å². The predicted molar refractivity (Wildman–Crippen MR) is 91.1 cm³/mol. The van der Waals surface area contributed by atoms with Gasteiger partial charge < -0.3 is 14.6 Å². The number of nitrogens with zero attached hydrogens (tertiary/aromatic N) is 3. The van der Waals surface area contributed by atoms with Crippen LogP contribution in [0.4, 0.5) is 0 Å². The Labute approximate surface area is 139 Å². The molecule has 120 valence electrons. The number of amidine groups is 1. The lowest BCUT2D eigenvalue weighted by atomic mass is 10.1. The molecule has 0 unspecified atom stereocenters. The fourth-order valence-electron chi connectivity index (χ4n) is 2.58. The van der Waals surface area contributed by atoms with Gasteiger partial charge in [-0.2, -0.15) is 4.98 Å². The summed E-state index contributed by atoms with van der Waals surface area (Å²) in [5.74, 6) is 2.71. The standard InChI is InChI=1S/C18H16N4O2/c1-23-15-4-2-3-14(11-15)18-21-17(22-24-18)13-7-5-12(6-8-13)16-19-9-10-20-16/h2-8,11H,9-10H2,1H3,(H,19,20). The van der Waals surface area contributed by atoms with E-state index in [2.05, 4.69) is 20.4 Å². The summed E-state index contributed by atoms with van der Waals surface area (Å²) in [7, 11) is 1.63. The molecule has 24 heavy (non-hydrogen) atoms. The van der Waals surface area contributed by atoms with Crippen molar-refractivity contribution in [2.45, 2.75) is 0 Å². The molecule has 4 rings (SSSR count). The summed E-state index contributed by atoms with van der Waals surface area (Å²) >= 11 is 0. The van der Waals surface area contributed by atoms with Crippen molar-refractivity contribution in [3.8, 4) is 28.6 Å². The van der Waals surface area contributed by atoms with Gasteiger partial charge in [-0.15, -0.1) is 0 Å². The van der Waals surface area contributed by atoms with Crippen molar-refractivity contribution in [1.82, 2.24) is 15.5 Å². The fraction of sp³-hybridized carbons (Fsp3) is 0.167. The lowest BCUT2D eigenvalue weighted by Crippen LogP contribution is -2.19. The highest BCUT2D eigenvalue weighted by Gasteiger charge is 2.12. The van der Waals surface area contributed by atoms with Gasteiger partial charge in [-0.25, -0.2) is 0 Å². The van der Waals surface area contributed by atoms with Gasteiger partial charge >= 0.3 is 0 Å². The zero-order valence-corrected chi connectivity index (χ0v) is 13.2. The maximum atomic E-state index is 5.38. The molecular formula is C18H16N4O2. The van der Waals surface area contributed by atoms with Crippen molar-refractivity contribution >= 4 is 5.84 Å². The van der Waals surface area contributed by atoms with Crippen LogP contribution in [-0.4, -0.2) is 36.2 Å². The smallest absolute Gasteiger partial charge is 0.258 e. The van der Waals surface area contributed by atoms with Gasteiger partial charge in [0.25, 0.3) is 5.89 Å². The number of aliphatic imine (C=N–C) groups is 1. The Hall–Kier alpha value is -3.15. The third-order valence-corrected chi connectivity index (χ3v) is 3.83. The first-order chi connectivity index (χ1) is 11.8. The van der Waals surface area contributed by atoms with E-state index in [1.54, 1.807) is 7.11 Å². The van der Waals surface area contributed by atoms with Crippen LogP contribution in [0.15, 0.2) is 58.0 Å². The first-order valence-corrected chi connectivity index (χ1v) is 7.71. The van der Waals surface area contributed by atoms with E-state index in [0.29, 0.717) is 11.7 Å². The second kappa shape index (κ2) is 6.16. The Morgan fingerprint density at radius 1 is 1.04 bits per heavy atom. The molecule has 1 aliphatic heterocycles. The molecule has 0 saturated heterocycles. The number of aromatic nitrogens is 2. The Morgan fingerprint density at radius 3 is 2.62 bits per heavy atom. The molecule has 1 N–H and O–H groups in total. The van der Waals surface area contributed by atoms with E-state index in [1.165, 1.54) is 0 Å². The topological polar surface area (TPSA) is 72.5 Å². The van der Waals surface area contributed by atoms with Crippen molar-refractivity contribution in [1.29, 1.82) is 0 Å². The number of nitrogens with one attached hydrogen (secondary N) is 1. The molecule has 0 atom stereocenters. The predicted octanol–water partition coefficient (Wildman–Crippen LogP) is 2.76. The van der Waals surface area contributed by atoms with Crippen molar-refractivity contribution in [2.75, 3.05) is 20.2 Å². The number of ether oxygens (including phenoxy) is 1. The summed E-state index contributed by atoms with van der Waals surface area (Å²) in [6.45, 7) is 1.72. The van der Waals surface area contributed by atoms with Crippen molar-refractivity contribution in [3.05, 3.63) is 54.1 Å². The lowest BCUT2D eigenvalue weighted by Gasteiger charge is -2.02. The lowest BCUT2D eigenvalue weighted by molar-refractivity contribution is 0.413. The first kappa shape index (κ1) is 14.4. The number of rotatable bonds is 4. The van der Waals surface area contributed by atoms with E-state index in [1.807, 2.05) is 48.5 Å². The molecule has 6 heteroatoms. The third kappa shape index (κ3) is 2.74. The summed E-state index contributed by atoms with van der Waals surface area (Å²) < 4.78 is 10.6. The minimum atomic E-state index is 0.467. The molecule has 1 aliphatic rings. The molecule has 0 aliphatic carbocycles. The monoisotopic (exact) mass is 320 g/mol. The van der Waals surface area contributed by atoms with Crippen LogP contribution in [-0.2, 0) is 0 Å². The fourth-order valence-corrected chi connectivity index (χ4v) is 2.58. The molecule has 0 saturated carbocycles. The normalized spacial score (nSPS) is 13.5. The molecular weight excluding hydrogens is 304 g/mol. The van der Waals surface area contributed by atoms with Gasteiger partial charge in [0.1, 0.15) is 11.6 Å². The Balaban J connectivity index is 1.60. The number of hydrogen-bond acceptors (Lipinski definition) is 6. The van der Waals surface area contributed by atoms with Gasteiger partial charge in [-0.1, -0.05) is 35.5 Å². The van der Waals surface area contributed by atoms with Crippen LogP contribution in [0.25, 0.3) is 22.8 Å². The Bertz CT molecular complexity index is 884. The average Bonchev–Trinajstić information content (AvgIpc) is 3.34. The highest BCUT2D eigenvalue weighted by molar-refractivity contribution is 6.00. The molecule has 0 amide bonds. The van der Waals surface area contributed by atoms with E-state index in [4.69, 9.17) is 9.26 Å². The second-order valence-electron chi connectivity index (χ2n) is 5.39. The summed E-state index contributed by atoms with van der Waals surface area (Å²) in [5, 5.41) is 7.33. The highest BCUT2D eigenvalue weighted by Crippen LogP contribution is 2.25. The summed E-state index contributed by atoms with van der Waals surface area (Å²) in [5.41, 5.74) is 2.79. The molecule has 0 radical (unpaired) electrons. The van der Waals surface area contributed by atoms with Crippen LogP contribution in [0.3, 0.4) is 0 Å². The van der Waals surface area contributed by atoms with E-state index < -0.39 is 0 Å². The van der Waals surface area contributed by atoms with Gasteiger partial charge in [-0.05, 0) is 18.2 Å². The highest BCUT2D eigenvalue weighted by atomic mass is 16.5. The molecule has 2 aromatic carbocycles. The van der Waals surface area contributed by atoms with Gasteiger partial charge in [0, 0.05) is 23.2 Å². The van der Waals surface area contributed by atoms with Gasteiger partial charge in [0.2, 0.25) is 5.82 Å². The molecule has 6 nitrogen and oxygen atoms in total. The Morgan fingerprint density at radius 2 is 1.88 bits per heavy atom. The maximum absolute atomic E-state index is 5.38. The van der Waals surface area contributed by atoms with E-state index >= 15 is 0 Å². The summed E-state index contributed by atoms with van der Waals surface area (Å²) in [4.78, 5) is 8.89. The summed E-state index contributed by atoms with van der Waals surface area (Å²) in [6.07, 6.45) is 0. The minimum absolute atomic E-state index is 0.467. The van der Waals surface area contributed by atoms with Crippen LogP contribution in [0, 0.1) is 0 Å². The van der Waals surface area contributed by atoms with Crippen molar-refractivity contribution in [3.63, 3.8) is 0 Å². The minimum Gasteiger partial charge on any atom is -0.497 e. The molecule has 2 heterocycles. The largest absolute Gasteiger partial charge is 0.497 e.